The third-order valence-corrected chi connectivity index (χ3v) is 7.31. The van der Waals surface area contributed by atoms with Gasteiger partial charge in [0.05, 0.1) is 10.3 Å². The smallest absolute Gasteiger partial charge is 0.244 e. The van der Waals surface area contributed by atoms with Gasteiger partial charge in [-0.3, -0.25) is 4.79 Å². The van der Waals surface area contributed by atoms with Gasteiger partial charge in [-0.2, -0.15) is 4.31 Å². The number of rotatable bonds is 4. The zero-order valence-electron chi connectivity index (χ0n) is 13.5. The lowest BCUT2D eigenvalue weighted by Crippen LogP contribution is -2.30. The van der Waals surface area contributed by atoms with Crippen LogP contribution in [0.4, 0.5) is 5.69 Å². The molecule has 1 fully saturated rings. The molecule has 0 aromatic heterocycles. The highest BCUT2D eigenvalue weighted by molar-refractivity contribution is 8.01. The molecule has 1 aliphatic rings. The first kappa shape index (κ1) is 18.3. The molecule has 0 unspecified atom stereocenters. The van der Waals surface area contributed by atoms with Gasteiger partial charge >= 0.3 is 0 Å². The number of nitrogens with zero attached hydrogens (tertiary/aromatic N) is 1. The molecule has 1 aliphatic heterocycles. The summed E-state index contributed by atoms with van der Waals surface area (Å²) in [5, 5.41) is 2.98. The zero-order chi connectivity index (χ0) is 18.0. The van der Waals surface area contributed by atoms with Gasteiger partial charge in [-0.25, -0.2) is 8.42 Å². The molecule has 25 heavy (non-hydrogen) atoms. The molecule has 1 heterocycles. The molecule has 1 amide bonds. The van der Waals surface area contributed by atoms with E-state index in [9.17, 15) is 13.2 Å². The second kappa shape index (κ2) is 7.37. The summed E-state index contributed by atoms with van der Waals surface area (Å²) in [5.74, 6) is 0.533. The van der Waals surface area contributed by atoms with E-state index in [1.807, 2.05) is 12.1 Å². The maximum atomic E-state index is 13.0. The van der Waals surface area contributed by atoms with Crippen molar-refractivity contribution in [1.82, 2.24) is 4.31 Å². The second-order valence-corrected chi connectivity index (χ2v) is 9.11. The van der Waals surface area contributed by atoms with Crippen LogP contribution in [0.25, 0.3) is 0 Å². The van der Waals surface area contributed by atoms with Crippen LogP contribution < -0.4 is 5.32 Å². The molecule has 0 radical (unpaired) electrons. The zero-order valence-corrected chi connectivity index (χ0v) is 15.9. The molecule has 0 saturated carbocycles. The highest BCUT2D eigenvalue weighted by Crippen LogP contribution is 2.41. The number of sulfonamides is 1. The van der Waals surface area contributed by atoms with Crippen LogP contribution in [-0.2, 0) is 14.8 Å². The number of amides is 1. The maximum Gasteiger partial charge on any atom is 0.244 e. The van der Waals surface area contributed by atoms with Gasteiger partial charge in [0.15, 0.2) is 0 Å². The van der Waals surface area contributed by atoms with Crippen LogP contribution in [0.3, 0.4) is 0 Å². The van der Waals surface area contributed by atoms with E-state index in [-0.39, 0.29) is 16.2 Å². The molecule has 132 valence electrons. The summed E-state index contributed by atoms with van der Waals surface area (Å²) < 4.78 is 27.5. The van der Waals surface area contributed by atoms with Crippen LogP contribution >= 0.6 is 23.4 Å². The topological polar surface area (TPSA) is 66.5 Å². The number of halogens is 1. The lowest BCUT2D eigenvalue weighted by Gasteiger charge is -2.23. The number of anilines is 1. The fraction of sp³-hybridized carbons (Fsp3) is 0.235. The van der Waals surface area contributed by atoms with E-state index < -0.39 is 10.0 Å². The van der Waals surface area contributed by atoms with E-state index >= 15 is 0 Å². The highest BCUT2D eigenvalue weighted by Gasteiger charge is 2.36. The molecular formula is C17H17ClN2O3S2. The van der Waals surface area contributed by atoms with Crippen molar-refractivity contribution in [2.75, 3.05) is 17.6 Å². The van der Waals surface area contributed by atoms with Gasteiger partial charge < -0.3 is 5.32 Å². The number of benzene rings is 2. The Morgan fingerprint density at radius 2 is 1.80 bits per heavy atom. The molecule has 1 atom stereocenters. The monoisotopic (exact) mass is 396 g/mol. The van der Waals surface area contributed by atoms with Gasteiger partial charge in [0.2, 0.25) is 15.9 Å². The molecule has 2 aromatic carbocycles. The Bertz CT molecular complexity index is 868. The van der Waals surface area contributed by atoms with Crippen molar-refractivity contribution < 1.29 is 13.2 Å². The molecule has 1 N–H and O–H groups in total. The van der Waals surface area contributed by atoms with Gasteiger partial charge in [-0.15, -0.1) is 11.8 Å². The van der Waals surface area contributed by atoms with Crippen LogP contribution in [0.5, 0.6) is 0 Å². The summed E-state index contributed by atoms with van der Waals surface area (Å²) in [6, 6.07) is 13.5. The van der Waals surface area contributed by atoms with Crippen molar-refractivity contribution in [3.05, 3.63) is 59.1 Å². The van der Waals surface area contributed by atoms with E-state index in [1.165, 1.54) is 23.4 Å². The summed E-state index contributed by atoms with van der Waals surface area (Å²) in [4.78, 5) is 11.3. The van der Waals surface area contributed by atoms with Crippen LogP contribution in [0, 0.1) is 0 Å². The Morgan fingerprint density at radius 1 is 1.16 bits per heavy atom. The van der Waals surface area contributed by atoms with Crippen molar-refractivity contribution in [1.29, 1.82) is 0 Å². The number of hydrogen-bond acceptors (Lipinski definition) is 4. The predicted molar refractivity (Wildman–Crippen MR) is 101 cm³/mol. The number of carbonyl (C=O) groups is 1. The molecule has 0 spiro atoms. The van der Waals surface area contributed by atoms with Crippen molar-refractivity contribution >= 4 is 45.0 Å². The standard InChI is InChI=1S/C17H17ClN2O3S2/c1-12(21)19-15-6-8-16(9-7-15)25(22,23)20-10-11-24-17(20)13-2-4-14(18)5-3-13/h2-9,17H,10-11H2,1H3,(H,19,21)/t17-/m1/s1. The third-order valence-electron chi connectivity index (χ3n) is 3.79. The summed E-state index contributed by atoms with van der Waals surface area (Å²) >= 11 is 7.51. The molecule has 1 saturated heterocycles. The van der Waals surface area contributed by atoms with E-state index in [4.69, 9.17) is 11.6 Å². The fourth-order valence-electron chi connectivity index (χ4n) is 2.64. The molecule has 2 aromatic rings. The van der Waals surface area contributed by atoms with E-state index in [0.29, 0.717) is 17.3 Å². The van der Waals surface area contributed by atoms with E-state index in [2.05, 4.69) is 5.32 Å². The Hall–Kier alpha value is -1.54. The minimum absolute atomic E-state index is 0.200. The molecule has 8 heteroatoms. The average molecular weight is 397 g/mol. The molecule has 3 rings (SSSR count). The van der Waals surface area contributed by atoms with Gasteiger partial charge in [-0.05, 0) is 42.0 Å². The maximum absolute atomic E-state index is 13.0. The highest BCUT2D eigenvalue weighted by atomic mass is 35.5. The summed E-state index contributed by atoms with van der Waals surface area (Å²) in [7, 11) is -3.62. The molecule has 0 bridgehead atoms. The van der Waals surface area contributed by atoms with E-state index in [1.54, 1.807) is 36.0 Å². The molecular weight excluding hydrogens is 380 g/mol. The van der Waals surface area contributed by atoms with E-state index in [0.717, 1.165) is 11.3 Å². The Balaban J connectivity index is 1.87. The molecule has 5 nitrogen and oxygen atoms in total. The minimum Gasteiger partial charge on any atom is -0.326 e. The van der Waals surface area contributed by atoms with Crippen molar-refractivity contribution in [2.24, 2.45) is 0 Å². The van der Waals surface area contributed by atoms with Crippen LogP contribution in [0.2, 0.25) is 5.02 Å². The van der Waals surface area contributed by atoms with Gasteiger partial charge in [0.25, 0.3) is 0 Å². The van der Waals surface area contributed by atoms with Crippen molar-refractivity contribution in [3.8, 4) is 0 Å². The number of nitrogens with one attached hydrogen (secondary N) is 1. The van der Waals surface area contributed by atoms with Crippen LogP contribution in [0.15, 0.2) is 53.4 Å². The quantitative estimate of drug-likeness (QED) is 0.854. The van der Waals surface area contributed by atoms with Crippen molar-refractivity contribution in [2.45, 2.75) is 17.2 Å². The predicted octanol–water partition coefficient (Wildman–Crippen LogP) is 3.73. The first-order valence-corrected chi connectivity index (χ1v) is 10.5. The van der Waals surface area contributed by atoms with Crippen LogP contribution in [-0.4, -0.2) is 30.9 Å². The van der Waals surface area contributed by atoms with Crippen molar-refractivity contribution in [3.63, 3.8) is 0 Å². The SMILES string of the molecule is CC(=O)Nc1ccc(S(=O)(=O)N2CCS[C@@H]2c2ccc(Cl)cc2)cc1. The second-order valence-electron chi connectivity index (χ2n) is 5.60. The average Bonchev–Trinajstić information content (AvgIpc) is 3.06. The number of carbonyl (C=O) groups excluding carboxylic acids is 1. The lowest BCUT2D eigenvalue weighted by atomic mass is 10.2. The Labute approximate surface area is 156 Å². The van der Waals surface area contributed by atoms with Gasteiger partial charge in [0.1, 0.15) is 0 Å². The number of hydrogen-bond donors (Lipinski definition) is 1. The minimum atomic E-state index is -3.62. The summed E-state index contributed by atoms with van der Waals surface area (Å²) in [6.45, 7) is 1.86. The largest absolute Gasteiger partial charge is 0.326 e. The summed E-state index contributed by atoms with van der Waals surface area (Å²) in [5.41, 5.74) is 1.47. The molecule has 0 aliphatic carbocycles. The fourth-order valence-corrected chi connectivity index (χ4v) is 6.01. The first-order chi connectivity index (χ1) is 11.9. The van der Waals surface area contributed by atoms with Crippen LogP contribution in [0.1, 0.15) is 17.9 Å². The summed E-state index contributed by atoms with van der Waals surface area (Å²) in [6.07, 6.45) is 0. The van der Waals surface area contributed by atoms with Gasteiger partial charge in [0, 0.05) is 29.9 Å². The Morgan fingerprint density at radius 3 is 2.40 bits per heavy atom. The number of thioether (sulfide) groups is 1. The van der Waals surface area contributed by atoms with Gasteiger partial charge in [-0.1, -0.05) is 23.7 Å². The Kier molecular flexibility index (Phi) is 5.38. The third kappa shape index (κ3) is 4.00. The normalized spacial score (nSPS) is 18.2. The first-order valence-electron chi connectivity index (χ1n) is 7.64. The lowest BCUT2D eigenvalue weighted by molar-refractivity contribution is -0.114.